The van der Waals surface area contributed by atoms with Crippen molar-refractivity contribution in [2.24, 2.45) is 4.99 Å². The second-order valence-corrected chi connectivity index (χ2v) is 6.93. The highest BCUT2D eigenvalue weighted by Gasteiger charge is 2.34. The number of imide groups is 1. The lowest BCUT2D eigenvalue weighted by Gasteiger charge is -2.15. The number of nitrogens with one attached hydrogen (secondary N) is 2. The molecule has 8 heteroatoms. The molecule has 0 saturated heterocycles. The van der Waals surface area contributed by atoms with Crippen LogP contribution in [0.4, 0.5) is 8.78 Å². The van der Waals surface area contributed by atoms with Gasteiger partial charge in [-0.3, -0.25) is 19.5 Å². The van der Waals surface area contributed by atoms with Crippen LogP contribution in [-0.4, -0.2) is 49.4 Å². The molecular weight excluding hydrogens is 390 g/mol. The van der Waals surface area contributed by atoms with E-state index in [0.717, 1.165) is 18.6 Å². The van der Waals surface area contributed by atoms with Crippen molar-refractivity contribution in [1.29, 1.82) is 0 Å². The zero-order chi connectivity index (χ0) is 21.5. The van der Waals surface area contributed by atoms with Gasteiger partial charge >= 0.3 is 0 Å². The maximum Gasteiger partial charge on any atom is 0.261 e. The van der Waals surface area contributed by atoms with Crippen LogP contribution < -0.4 is 10.6 Å². The Morgan fingerprint density at radius 1 is 0.967 bits per heavy atom. The Labute approximate surface area is 174 Å². The van der Waals surface area contributed by atoms with Crippen LogP contribution in [0.25, 0.3) is 0 Å². The fourth-order valence-electron chi connectivity index (χ4n) is 3.32. The van der Waals surface area contributed by atoms with E-state index in [1.165, 1.54) is 11.0 Å². The van der Waals surface area contributed by atoms with Crippen LogP contribution in [0.1, 0.15) is 39.1 Å². The number of hydrogen-bond donors (Lipinski definition) is 2. The Balaban J connectivity index is 1.36. The molecule has 2 aromatic carbocycles. The highest BCUT2D eigenvalue weighted by Crippen LogP contribution is 2.22. The van der Waals surface area contributed by atoms with E-state index in [1.54, 1.807) is 31.3 Å². The second-order valence-electron chi connectivity index (χ2n) is 6.93. The second kappa shape index (κ2) is 9.96. The summed E-state index contributed by atoms with van der Waals surface area (Å²) in [5, 5.41) is 6.18. The molecule has 1 heterocycles. The number of hydrogen-bond acceptors (Lipinski definition) is 3. The Morgan fingerprint density at radius 2 is 1.63 bits per heavy atom. The lowest BCUT2D eigenvalue weighted by Crippen LogP contribution is -2.39. The Kier molecular flexibility index (Phi) is 7.11. The van der Waals surface area contributed by atoms with Gasteiger partial charge in [0.25, 0.3) is 11.8 Å². The molecule has 0 unspecified atom stereocenters. The molecule has 0 spiro atoms. The molecule has 0 bridgehead atoms. The van der Waals surface area contributed by atoms with E-state index in [-0.39, 0.29) is 11.8 Å². The van der Waals surface area contributed by atoms with Crippen molar-refractivity contribution < 1.29 is 18.4 Å². The molecule has 3 rings (SSSR count). The zero-order valence-corrected chi connectivity index (χ0v) is 16.8. The molecule has 0 aromatic heterocycles. The molecule has 158 valence electrons. The third kappa shape index (κ3) is 5.00. The lowest BCUT2D eigenvalue weighted by atomic mass is 10.1. The summed E-state index contributed by atoms with van der Waals surface area (Å²) in [4.78, 5) is 30.0. The summed E-state index contributed by atoms with van der Waals surface area (Å²) in [5.41, 5.74) is 1.22. The fraction of sp³-hybridized carbons (Fsp3) is 0.318. The normalized spacial score (nSPS) is 13.6. The van der Waals surface area contributed by atoms with Crippen molar-refractivity contribution in [2.45, 2.75) is 19.3 Å². The molecule has 0 fully saturated rings. The van der Waals surface area contributed by atoms with Gasteiger partial charge in [0.05, 0.1) is 11.1 Å². The van der Waals surface area contributed by atoms with Crippen molar-refractivity contribution in [3.63, 3.8) is 0 Å². The van der Waals surface area contributed by atoms with Crippen LogP contribution in [0.15, 0.2) is 47.5 Å². The van der Waals surface area contributed by atoms with E-state index in [4.69, 9.17) is 0 Å². The lowest BCUT2D eigenvalue weighted by molar-refractivity contribution is 0.0652. The minimum absolute atomic E-state index is 0.245. The summed E-state index contributed by atoms with van der Waals surface area (Å²) in [7, 11) is 1.62. The Bertz CT molecular complexity index is 927. The van der Waals surface area contributed by atoms with Gasteiger partial charge in [-0.1, -0.05) is 12.1 Å². The quantitative estimate of drug-likeness (QED) is 0.302. The summed E-state index contributed by atoms with van der Waals surface area (Å²) in [5.74, 6) is -0.843. The van der Waals surface area contributed by atoms with Gasteiger partial charge in [-0.05, 0) is 55.2 Å². The van der Waals surface area contributed by atoms with Gasteiger partial charge in [0.15, 0.2) is 5.96 Å². The highest BCUT2D eigenvalue weighted by molar-refractivity contribution is 6.21. The predicted octanol–water partition coefficient (Wildman–Crippen LogP) is 2.75. The number of aliphatic imine (C=N–C) groups is 1. The predicted molar refractivity (Wildman–Crippen MR) is 110 cm³/mol. The number of nitrogens with zero attached hydrogens (tertiary/aromatic N) is 2. The molecule has 0 radical (unpaired) electrons. The number of benzene rings is 2. The summed E-state index contributed by atoms with van der Waals surface area (Å²) in [6.45, 7) is 1.35. The first-order chi connectivity index (χ1) is 14.5. The third-order valence-corrected chi connectivity index (χ3v) is 4.90. The van der Waals surface area contributed by atoms with E-state index in [2.05, 4.69) is 15.6 Å². The van der Waals surface area contributed by atoms with Crippen molar-refractivity contribution in [2.75, 3.05) is 26.7 Å². The molecular formula is C22H24F2N4O2. The number of carbonyl (C=O) groups excluding carboxylic acids is 2. The maximum absolute atomic E-state index is 13.6. The van der Waals surface area contributed by atoms with E-state index in [0.29, 0.717) is 55.1 Å². The molecule has 2 aromatic rings. The summed E-state index contributed by atoms with van der Waals surface area (Å²) < 4.78 is 26.8. The van der Waals surface area contributed by atoms with E-state index >= 15 is 0 Å². The van der Waals surface area contributed by atoms with Gasteiger partial charge in [0, 0.05) is 26.7 Å². The van der Waals surface area contributed by atoms with Gasteiger partial charge in [0.2, 0.25) is 0 Å². The summed E-state index contributed by atoms with van der Waals surface area (Å²) in [6, 6.07) is 10.2. The van der Waals surface area contributed by atoms with Gasteiger partial charge < -0.3 is 10.6 Å². The monoisotopic (exact) mass is 414 g/mol. The van der Waals surface area contributed by atoms with E-state index < -0.39 is 11.6 Å². The molecule has 0 atom stereocenters. The first-order valence-electron chi connectivity index (χ1n) is 9.85. The van der Waals surface area contributed by atoms with Gasteiger partial charge in [-0.2, -0.15) is 0 Å². The highest BCUT2D eigenvalue weighted by atomic mass is 19.1. The molecule has 0 aliphatic carbocycles. The van der Waals surface area contributed by atoms with Crippen LogP contribution in [0.5, 0.6) is 0 Å². The molecule has 0 saturated carbocycles. The number of unbranched alkanes of at least 4 members (excludes halogenated alkanes) is 1. The number of guanidine groups is 1. The van der Waals surface area contributed by atoms with Crippen LogP contribution in [0.2, 0.25) is 0 Å². The molecule has 2 amide bonds. The number of carbonyl (C=O) groups is 2. The van der Waals surface area contributed by atoms with Gasteiger partial charge in [0.1, 0.15) is 11.6 Å². The number of halogens is 2. The van der Waals surface area contributed by atoms with Crippen molar-refractivity contribution >= 4 is 17.8 Å². The zero-order valence-electron chi connectivity index (χ0n) is 16.8. The molecule has 2 N–H and O–H groups in total. The smallest absolute Gasteiger partial charge is 0.261 e. The Hall–Kier alpha value is -3.29. The fourth-order valence-corrected chi connectivity index (χ4v) is 3.32. The summed E-state index contributed by atoms with van der Waals surface area (Å²) in [6.07, 6.45) is 1.71. The Morgan fingerprint density at radius 3 is 2.30 bits per heavy atom. The number of rotatable bonds is 8. The molecule has 1 aliphatic rings. The molecule has 30 heavy (non-hydrogen) atoms. The first-order valence-corrected chi connectivity index (χ1v) is 9.85. The van der Waals surface area contributed by atoms with Crippen LogP contribution in [0.3, 0.4) is 0 Å². The van der Waals surface area contributed by atoms with Crippen LogP contribution in [0, 0.1) is 11.6 Å². The van der Waals surface area contributed by atoms with Crippen LogP contribution >= 0.6 is 0 Å². The average molecular weight is 414 g/mol. The largest absolute Gasteiger partial charge is 0.356 e. The third-order valence-electron chi connectivity index (χ3n) is 4.90. The van der Waals surface area contributed by atoms with Crippen LogP contribution in [-0.2, 0) is 6.42 Å². The van der Waals surface area contributed by atoms with Gasteiger partial charge in [-0.25, -0.2) is 8.78 Å². The van der Waals surface area contributed by atoms with E-state index in [1.807, 2.05) is 0 Å². The SMILES string of the molecule is CN=C(NCCCCN1C(=O)c2ccccc2C1=O)NCCc1cc(F)ccc1F. The van der Waals surface area contributed by atoms with Crippen molar-refractivity contribution in [3.05, 3.63) is 70.8 Å². The van der Waals surface area contributed by atoms with Crippen molar-refractivity contribution in [1.82, 2.24) is 15.5 Å². The topological polar surface area (TPSA) is 73.8 Å². The standard InChI is InChI=1S/C22H24F2N4O2/c1-25-22(27-12-10-15-14-16(23)8-9-19(15)24)26-11-4-5-13-28-20(29)17-6-2-3-7-18(17)21(28)30/h2-3,6-9,14H,4-5,10-13H2,1H3,(H2,25,26,27). The van der Waals surface area contributed by atoms with Crippen molar-refractivity contribution in [3.8, 4) is 0 Å². The minimum Gasteiger partial charge on any atom is -0.356 e. The van der Waals surface area contributed by atoms with Gasteiger partial charge in [-0.15, -0.1) is 0 Å². The molecule has 6 nitrogen and oxygen atoms in total. The van der Waals surface area contributed by atoms with E-state index in [9.17, 15) is 18.4 Å². The molecule has 1 aliphatic heterocycles. The summed E-state index contributed by atoms with van der Waals surface area (Å²) >= 11 is 0. The number of fused-ring (bicyclic) bond motifs is 1. The average Bonchev–Trinajstić information content (AvgIpc) is 2.99. The first kappa shape index (κ1) is 21.4. The maximum atomic E-state index is 13.6. The minimum atomic E-state index is -0.466. The number of amides is 2.